The number of rotatable bonds is 3. The Bertz CT molecular complexity index is 445. The lowest BCUT2D eigenvalue weighted by atomic mass is 10.00. The van der Waals surface area contributed by atoms with E-state index in [-0.39, 0.29) is 0 Å². The van der Waals surface area contributed by atoms with Crippen molar-refractivity contribution >= 4 is 5.57 Å². The third-order valence-corrected chi connectivity index (χ3v) is 3.47. The summed E-state index contributed by atoms with van der Waals surface area (Å²) in [6.07, 6.45) is 4.45. The highest BCUT2D eigenvalue weighted by atomic mass is 14.0. The van der Waals surface area contributed by atoms with E-state index in [1.54, 1.807) is 0 Å². The Labute approximate surface area is 106 Å². The van der Waals surface area contributed by atoms with Gasteiger partial charge in [0.05, 0.1) is 0 Å². The zero-order valence-corrected chi connectivity index (χ0v) is 12.0. The number of hydrogen-bond donors (Lipinski definition) is 0. The molecule has 0 aliphatic carbocycles. The van der Waals surface area contributed by atoms with Crippen LogP contribution < -0.4 is 0 Å². The van der Waals surface area contributed by atoms with Crippen molar-refractivity contribution in [3.8, 4) is 0 Å². The van der Waals surface area contributed by atoms with Gasteiger partial charge in [0.1, 0.15) is 0 Å². The molecule has 17 heavy (non-hydrogen) atoms. The Hall–Kier alpha value is -1.30. The SMILES string of the molecule is C/C(=C\C=C(/C)C(C)C)c1ccc(C)c(C)c1. The molecule has 0 spiro atoms. The summed E-state index contributed by atoms with van der Waals surface area (Å²) in [5, 5.41) is 0. The molecule has 92 valence electrons. The van der Waals surface area contributed by atoms with Crippen molar-refractivity contribution in [1.82, 2.24) is 0 Å². The van der Waals surface area contributed by atoms with E-state index in [1.165, 1.54) is 27.8 Å². The van der Waals surface area contributed by atoms with Crippen molar-refractivity contribution in [2.75, 3.05) is 0 Å². The summed E-state index contributed by atoms with van der Waals surface area (Å²) in [4.78, 5) is 0. The minimum atomic E-state index is 0.624. The highest BCUT2D eigenvalue weighted by molar-refractivity contribution is 5.66. The summed E-state index contributed by atoms with van der Waals surface area (Å²) >= 11 is 0. The Balaban J connectivity index is 2.96. The molecule has 0 radical (unpaired) electrons. The van der Waals surface area contributed by atoms with Crippen LogP contribution >= 0.6 is 0 Å². The largest absolute Gasteiger partial charge is 0.0708 e. The first kappa shape index (κ1) is 13.8. The molecule has 0 aliphatic rings. The fourth-order valence-corrected chi connectivity index (χ4v) is 1.53. The quantitative estimate of drug-likeness (QED) is 0.615. The Morgan fingerprint density at radius 3 is 2.18 bits per heavy atom. The second kappa shape index (κ2) is 5.86. The zero-order valence-electron chi connectivity index (χ0n) is 12.0. The van der Waals surface area contributed by atoms with Crippen molar-refractivity contribution in [1.29, 1.82) is 0 Å². The van der Waals surface area contributed by atoms with Crippen LogP contribution in [0.5, 0.6) is 0 Å². The van der Waals surface area contributed by atoms with Crippen molar-refractivity contribution in [2.24, 2.45) is 5.92 Å². The van der Waals surface area contributed by atoms with Gasteiger partial charge in [-0.3, -0.25) is 0 Å². The summed E-state index contributed by atoms with van der Waals surface area (Å²) in [6, 6.07) is 6.66. The van der Waals surface area contributed by atoms with Gasteiger partial charge in [-0.15, -0.1) is 0 Å². The van der Waals surface area contributed by atoms with E-state index in [0.29, 0.717) is 5.92 Å². The Morgan fingerprint density at radius 1 is 1.00 bits per heavy atom. The monoisotopic (exact) mass is 228 g/mol. The molecule has 1 aromatic rings. The zero-order chi connectivity index (χ0) is 13.0. The minimum absolute atomic E-state index is 0.624. The maximum atomic E-state index is 2.26. The standard InChI is InChI=1S/C17H24/c1-12(2)13(3)7-8-15(5)17-10-9-14(4)16(6)11-17/h7-12H,1-6H3/b13-7+,15-8+. The van der Waals surface area contributed by atoms with Gasteiger partial charge in [0.25, 0.3) is 0 Å². The molecule has 0 fully saturated rings. The van der Waals surface area contributed by atoms with Gasteiger partial charge in [-0.2, -0.15) is 0 Å². The number of allylic oxidation sites excluding steroid dienone is 4. The molecule has 0 aliphatic heterocycles. The molecule has 0 nitrogen and oxygen atoms in total. The Kier molecular flexibility index (Phi) is 4.74. The number of hydrogen-bond acceptors (Lipinski definition) is 0. The summed E-state index contributed by atoms with van der Waals surface area (Å²) < 4.78 is 0. The normalized spacial score (nSPS) is 13.4. The number of benzene rings is 1. The molecule has 1 rings (SSSR count). The molecule has 0 heteroatoms. The minimum Gasteiger partial charge on any atom is -0.0708 e. The molecule has 0 heterocycles. The van der Waals surface area contributed by atoms with E-state index in [2.05, 4.69) is 71.9 Å². The molecular formula is C17H24. The lowest BCUT2D eigenvalue weighted by Crippen LogP contribution is -1.88. The van der Waals surface area contributed by atoms with Gasteiger partial charge in [0.15, 0.2) is 0 Å². The lowest BCUT2D eigenvalue weighted by molar-refractivity contribution is 0.769. The highest BCUT2D eigenvalue weighted by Crippen LogP contribution is 2.18. The maximum absolute atomic E-state index is 2.26. The first-order valence-corrected chi connectivity index (χ1v) is 6.34. The second-order valence-corrected chi connectivity index (χ2v) is 5.21. The summed E-state index contributed by atoms with van der Waals surface area (Å²) in [5.41, 5.74) is 6.79. The fourth-order valence-electron chi connectivity index (χ4n) is 1.53. The second-order valence-electron chi connectivity index (χ2n) is 5.21. The molecule has 0 amide bonds. The molecule has 0 saturated heterocycles. The van der Waals surface area contributed by atoms with E-state index in [9.17, 15) is 0 Å². The van der Waals surface area contributed by atoms with Crippen molar-refractivity contribution in [3.63, 3.8) is 0 Å². The average Bonchev–Trinajstić information content (AvgIpc) is 2.28. The van der Waals surface area contributed by atoms with Gasteiger partial charge in [0.2, 0.25) is 0 Å². The van der Waals surface area contributed by atoms with E-state index < -0.39 is 0 Å². The molecule has 0 saturated carbocycles. The lowest BCUT2D eigenvalue weighted by Gasteiger charge is -2.06. The van der Waals surface area contributed by atoms with Crippen LogP contribution in [0.15, 0.2) is 35.9 Å². The van der Waals surface area contributed by atoms with Crippen molar-refractivity contribution in [3.05, 3.63) is 52.6 Å². The van der Waals surface area contributed by atoms with Crippen LogP contribution in [0.25, 0.3) is 5.57 Å². The molecule has 0 unspecified atom stereocenters. The average molecular weight is 228 g/mol. The van der Waals surface area contributed by atoms with Crippen LogP contribution in [0, 0.1) is 19.8 Å². The van der Waals surface area contributed by atoms with E-state index in [4.69, 9.17) is 0 Å². The van der Waals surface area contributed by atoms with Crippen LogP contribution in [-0.4, -0.2) is 0 Å². The van der Waals surface area contributed by atoms with Gasteiger partial charge in [-0.1, -0.05) is 49.8 Å². The first-order chi connectivity index (χ1) is 7.91. The molecule has 0 aromatic heterocycles. The van der Waals surface area contributed by atoms with Gasteiger partial charge in [-0.25, -0.2) is 0 Å². The van der Waals surface area contributed by atoms with Crippen molar-refractivity contribution < 1.29 is 0 Å². The smallest absolute Gasteiger partial charge is 0.0225 e. The highest BCUT2D eigenvalue weighted by Gasteiger charge is 1.98. The molecule has 0 atom stereocenters. The van der Waals surface area contributed by atoms with Crippen LogP contribution in [0.2, 0.25) is 0 Å². The van der Waals surface area contributed by atoms with Crippen molar-refractivity contribution in [2.45, 2.75) is 41.5 Å². The van der Waals surface area contributed by atoms with Gasteiger partial charge < -0.3 is 0 Å². The van der Waals surface area contributed by atoms with Gasteiger partial charge >= 0.3 is 0 Å². The molecule has 0 bridgehead atoms. The summed E-state index contributed by atoms with van der Waals surface area (Å²) in [7, 11) is 0. The summed E-state index contributed by atoms with van der Waals surface area (Å²) in [5.74, 6) is 0.624. The maximum Gasteiger partial charge on any atom is -0.0225 e. The predicted molar refractivity (Wildman–Crippen MR) is 78.2 cm³/mol. The fraction of sp³-hybridized carbons (Fsp3) is 0.412. The van der Waals surface area contributed by atoms with Gasteiger partial charge in [-0.05, 0) is 55.9 Å². The first-order valence-electron chi connectivity index (χ1n) is 6.34. The third-order valence-electron chi connectivity index (χ3n) is 3.47. The third kappa shape index (κ3) is 3.89. The van der Waals surface area contributed by atoms with Crippen LogP contribution in [-0.2, 0) is 0 Å². The van der Waals surface area contributed by atoms with E-state index >= 15 is 0 Å². The van der Waals surface area contributed by atoms with Crippen LogP contribution in [0.1, 0.15) is 44.4 Å². The van der Waals surface area contributed by atoms with E-state index in [0.717, 1.165) is 0 Å². The molecular weight excluding hydrogens is 204 g/mol. The summed E-state index contributed by atoms with van der Waals surface area (Å²) in [6.45, 7) is 13.1. The topological polar surface area (TPSA) is 0 Å². The van der Waals surface area contributed by atoms with Crippen LogP contribution in [0.3, 0.4) is 0 Å². The molecule has 1 aromatic carbocycles. The van der Waals surface area contributed by atoms with Crippen LogP contribution in [0.4, 0.5) is 0 Å². The van der Waals surface area contributed by atoms with Gasteiger partial charge in [0, 0.05) is 0 Å². The molecule has 0 N–H and O–H groups in total. The van der Waals surface area contributed by atoms with E-state index in [1.807, 2.05) is 0 Å². The Morgan fingerprint density at radius 2 is 1.65 bits per heavy atom. The number of aryl methyl sites for hydroxylation is 2. The predicted octanol–water partition coefficient (Wildman–Crippen LogP) is 5.31.